The van der Waals surface area contributed by atoms with Gasteiger partial charge in [0.05, 0.1) is 0 Å². The highest BCUT2D eigenvalue weighted by Crippen LogP contribution is 2.22. The molecule has 0 saturated heterocycles. The summed E-state index contributed by atoms with van der Waals surface area (Å²) in [5.74, 6) is 4.65. The van der Waals surface area contributed by atoms with E-state index >= 15 is 0 Å². The van der Waals surface area contributed by atoms with Crippen LogP contribution in [0.5, 0.6) is 0 Å². The smallest absolute Gasteiger partial charge is 0.162 e. The van der Waals surface area contributed by atoms with E-state index in [4.69, 9.17) is 4.62 Å². The van der Waals surface area contributed by atoms with Crippen molar-refractivity contribution in [3.05, 3.63) is 0 Å². The predicted molar refractivity (Wildman–Crippen MR) is 53.1 cm³/mol. The first kappa shape index (κ1) is 12.9. The fourth-order valence-electron chi connectivity index (χ4n) is 0.496. The van der Waals surface area contributed by atoms with Crippen molar-refractivity contribution in [3.8, 4) is 0 Å². The molecule has 0 fully saturated rings. The van der Waals surface area contributed by atoms with Gasteiger partial charge < -0.3 is 0 Å². The van der Waals surface area contributed by atoms with Gasteiger partial charge in [-0.3, -0.25) is 0 Å². The third kappa shape index (κ3) is 6.42. The zero-order valence-electron chi connectivity index (χ0n) is 6.28. The number of hydrogen-bond donors (Lipinski definition) is 1. The predicted octanol–water partition coefficient (Wildman–Crippen LogP) is 1.56. The Morgan fingerprint density at radius 1 is 1.33 bits per heavy atom. The van der Waals surface area contributed by atoms with Gasteiger partial charge in [-0.25, -0.2) is 0 Å². The van der Waals surface area contributed by atoms with Gasteiger partial charge >= 0.3 is 8.25 Å². The van der Waals surface area contributed by atoms with Crippen LogP contribution in [0.1, 0.15) is 0 Å². The standard InChI is InChI=1S/C4H10Br2N2O3P/c5-1-3-8(4-2-6)11-12(9)10-7/h1-4,7H2/q+1. The highest BCUT2D eigenvalue weighted by Gasteiger charge is 2.24. The average molecular weight is 325 g/mol. The van der Waals surface area contributed by atoms with E-state index in [0.717, 1.165) is 10.7 Å². The molecule has 0 rings (SSSR count). The molecule has 0 saturated carbocycles. The summed E-state index contributed by atoms with van der Waals surface area (Å²) in [6, 6.07) is 0. The fourth-order valence-corrected chi connectivity index (χ4v) is 1.68. The highest BCUT2D eigenvalue weighted by molar-refractivity contribution is 9.09. The van der Waals surface area contributed by atoms with E-state index in [-0.39, 0.29) is 0 Å². The topological polar surface area (TPSA) is 64.8 Å². The summed E-state index contributed by atoms with van der Waals surface area (Å²) < 4.78 is 19.5. The molecule has 72 valence electrons. The maximum atomic E-state index is 10.7. The average Bonchev–Trinajstić information content (AvgIpc) is 2.05. The Labute approximate surface area is 88.7 Å². The number of rotatable bonds is 7. The molecule has 0 radical (unpaired) electrons. The van der Waals surface area contributed by atoms with Crippen LogP contribution in [-0.2, 0) is 13.8 Å². The van der Waals surface area contributed by atoms with Gasteiger partial charge in [0.2, 0.25) is 0 Å². The Morgan fingerprint density at radius 3 is 2.17 bits per heavy atom. The van der Waals surface area contributed by atoms with E-state index < -0.39 is 8.25 Å². The van der Waals surface area contributed by atoms with Gasteiger partial charge in [0.1, 0.15) is 0 Å². The van der Waals surface area contributed by atoms with Crippen LogP contribution in [0, 0.1) is 0 Å². The normalized spacial score (nSPS) is 12.2. The van der Waals surface area contributed by atoms with Crippen molar-refractivity contribution in [3.63, 3.8) is 0 Å². The molecule has 0 aromatic carbocycles. The van der Waals surface area contributed by atoms with Crippen molar-refractivity contribution >= 4 is 40.1 Å². The lowest BCUT2D eigenvalue weighted by Crippen LogP contribution is -2.25. The fraction of sp³-hybridized carbons (Fsp3) is 1.00. The summed E-state index contributed by atoms with van der Waals surface area (Å²) >= 11 is 6.46. The van der Waals surface area contributed by atoms with Gasteiger partial charge in [-0.2, -0.15) is 5.90 Å². The maximum absolute atomic E-state index is 10.7. The minimum Gasteiger partial charge on any atom is -0.162 e. The van der Waals surface area contributed by atoms with Gasteiger partial charge in [-0.1, -0.05) is 31.9 Å². The van der Waals surface area contributed by atoms with Crippen LogP contribution in [0.4, 0.5) is 0 Å². The molecule has 0 aliphatic heterocycles. The van der Waals surface area contributed by atoms with Crippen molar-refractivity contribution in [2.75, 3.05) is 23.7 Å². The number of hydroxylamine groups is 2. The first-order valence-corrected chi connectivity index (χ1v) is 6.47. The van der Waals surface area contributed by atoms with Gasteiger partial charge in [0, 0.05) is 28.3 Å². The summed E-state index contributed by atoms with van der Waals surface area (Å²) in [5.41, 5.74) is 0. The Hall–Kier alpha value is 0.900. The molecule has 0 aromatic rings. The van der Waals surface area contributed by atoms with Crippen molar-refractivity contribution in [1.29, 1.82) is 0 Å². The molecular weight excluding hydrogens is 315 g/mol. The first-order valence-electron chi connectivity index (χ1n) is 3.13. The Kier molecular flexibility index (Phi) is 9.13. The molecule has 0 heterocycles. The van der Waals surface area contributed by atoms with Gasteiger partial charge in [-0.15, -0.1) is 5.06 Å². The lowest BCUT2D eigenvalue weighted by Gasteiger charge is -2.09. The van der Waals surface area contributed by atoms with E-state index in [1.54, 1.807) is 0 Å². The van der Waals surface area contributed by atoms with E-state index in [9.17, 15) is 4.57 Å². The lowest BCUT2D eigenvalue weighted by atomic mass is 10.6. The minimum absolute atomic E-state index is 0.621. The lowest BCUT2D eigenvalue weighted by molar-refractivity contribution is -0.0524. The summed E-state index contributed by atoms with van der Waals surface area (Å²) in [7, 11) is -2.23. The Morgan fingerprint density at radius 2 is 1.83 bits per heavy atom. The number of nitrogens with zero attached hydrogens (tertiary/aromatic N) is 1. The van der Waals surface area contributed by atoms with Gasteiger partial charge in [-0.05, 0) is 9.25 Å². The number of alkyl halides is 2. The minimum atomic E-state index is -2.23. The third-order valence-corrected chi connectivity index (χ3v) is 2.18. The highest BCUT2D eigenvalue weighted by atomic mass is 79.9. The van der Waals surface area contributed by atoms with E-state index in [1.807, 2.05) is 0 Å². The summed E-state index contributed by atoms with van der Waals surface area (Å²) in [6.07, 6.45) is 0. The van der Waals surface area contributed by atoms with Crippen LogP contribution in [0.2, 0.25) is 0 Å². The van der Waals surface area contributed by atoms with E-state index in [0.29, 0.717) is 13.1 Å². The summed E-state index contributed by atoms with van der Waals surface area (Å²) in [4.78, 5) is 0. The van der Waals surface area contributed by atoms with E-state index in [1.165, 1.54) is 5.06 Å². The molecular formula is C4H10Br2N2O3P+. The second-order valence-corrected chi connectivity index (χ2v) is 4.12. The SMILES string of the molecule is NO[P+](=O)ON(CCBr)CCBr. The molecule has 8 heteroatoms. The molecule has 0 aliphatic rings. The molecule has 12 heavy (non-hydrogen) atoms. The molecule has 1 atom stereocenters. The molecule has 0 bridgehead atoms. The summed E-state index contributed by atoms with van der Waals surface area (Å²) in [5, 5.41) is 2.97. The molecule has 0 spiro atoms. The quantitative estimate of drug-likeness (QED) is 0.437. The number of halogens is 2. The van der Waals surface area contributed by atoms with Crippen LogP contribution < -0.4 is 5.90 Å². The van der Waals surface area contributed by atoms with E-state index in [2.05, 4.69) is 42.4 Å². The summed E-state index contributed by atoms with van der Waals surface area (Å²) in [6.45, 7) is 1.24. The third-order valence-electron chi connectivity index (χ3n) is 0.936. The molecule has 5 nitrogen and oxygen atoms in total. The van der Waals surface area contributed by atoms with Crippen LogP contribution in [0.25, 0.3) is 0 Å². The van der Waals surface area contributed by atoms with Gasteiger partial charge in [0.15, 0.2) is 0 Å². The molecule has 2 N–H and O–H groups in total. The zero-order valence-corrected chi connectivity index (χ0v) is 10.3. The largest absolute Gasteiger partial charge is 0.735 e. The Balaban J connectivity index is 3.68. The molecule has 0 amide bonds. The van der Waals surface area contributed by atoms with Crippen molar-refractivity contribution in [1.82, 2.24) is 5.06 Å². The second-order valence-electron chi connectivity index (χ2n) is 1.72. The molecule has 1 unspecified atom stereocenters. The zero-order chi connectivity index (χ0) is 9.40. The first-order chi connectivity index (χ1) is 5.74. The Bertz CT molecular complexity index is 133. The number of hydrogen-bond acceptors (Lipinski definition) is 5. The van der Waals surface area contributed by atoms with Crippen LogP contribution in [0.3, 0.4) is 0 Å². The van der Waals surface area contributed by atoms with Crippen molar-refractivity contribution < 1.29 is 13.8 Å². The van der Waals surface area contributed by atoms with Crippen LogP contribution >= 0.6 is 40.1 Å². The van der Waals surface area contributed by atoms with Crippen LogP contribution in [0.15, 0.2) is 0 Å². The second kappa shape index (κ2) is 8.50. The van der Waals surface area contributed by atoms with Gasteiger partial charge in [0.25, 0.3) is 0 Å². The number of nitrogens with two attached hydrogens (primary N) is 1. The monoisotopic (exact) mass is 323 g/mol. The molecule has 0 aromatic heterocycles. The van der Waals surface area contributed by atoms with Crippen molar-refractivity contribution in [2.45, 2.75) is 0 Å². The van der Waals surface area contributed by atoms with Crippen LogP contribution in [-0.4, -0.2) is 28.8 Å². The molecule has 0 aliphatic carbocycles. The maximum Gasteiger partial charge on any atom is 0.735 e. The van der Waals surface area contributed by atoms with Crippen molar-refractivity contribution in [2.24, 2.45) is 5.90 Å².